The summed E-state index contributed by atoms with van der Waals surface area (Å²) in [6.07, 6.45) is 2.68. The van der Waals surface area contributed by atoms with E-state index in [0.29, 0.717) is 9.54 Å². The molecule has 2 aromatic carbocycles. The van der Waals surface area contributed by atoms with Crippen LogP contribution in [0.5, 0.6) is 0 Å². The fourth-order valence-electron chi connectivity index (χ4n) is 5.21. The zero-order chi connectivity index (χ0) is 20.9. The zero-order valence-corrected chi connectivity index (χ0v) is 24.8. The first kappa shape index (κ1) is 26.6. The Hall–Kier alpha value is -0.660. The summed E-state index contributed by atoms with van der Waals surface area (Å²) in [5, 5.41) is 0. The molecule has 0 fully saturated rings. The third-order valence-corrected chi connectivity index (χ3v) is 25.6. The second-order valence-electron chi connectivity index (χ2n) is 9.00. The van der Waals surface area contributed by atoms with Crippen LogP contribution in [0.1, 0.15) is 53.6 Å². The van der Waals surface area contributed by atoms with E-state index < -0.39 is 20.4 Å². The van der Waals surface area contributed by atoms with Crippen molar-refractivity contribution < 1.29 is 20.4 Å². The summed E-state index contributed by atoms with van der Waals surface area (Å²) in [6, 6.07) is 18.3. The molecular weight excluding hydrogens is 515 g/mol. The van der Waals surface area contributed by atoms with Gasteiger partial charge in [0.2, 0.25) is 0 Å². The van der Waals surface area contributed by atoms with E-state index in [-0.39, 0.29) is 30.2 Å². The molecule has 0 amide bonds. The van der Waals surface area contributed by atoms with Crippen LogP contribution < -0.4 is 0 Å². The van der Waals surface area contributed by atoms with Crippen molar-refractivity contribution in [3.8, 4) is 0 Å². The normalized spacial score (nSPS) is 19.5. The van der Waals surface area contributed by atoms with Gasteiger partial charge in [-0.2, -0.15) is 0 Å². The molecule has 2 aliphatic carbocycles. The standard InChI is InChI=1S/C16H13.C9H13.C2H6Si.2ClH.Zr/c1-12-5-4-7-14(11-12)16-10-9-13-6-2-3-8-15(13)16;1-6-5-7(2)9(4)8(6)3;1-3-2;;;/h2-11H,1H3;6H,1-4H3;1-2H3;2*1H;. The van der Waals surface area contributed by atoms with Crippen LogP contribution in [-0.2, 0) is 20.4 Å². The Morgan fingerprint density at radius 3 is 2.10 bits per heavy atom. The average Bonchev–Trinajstić information content (AvgIpc) is 3.16. The molecule has 2 atom stereocenters. The smallest absolute Gasteiger partial charge is 0.147 e. The van der Waals surface area contributed by atoms with Crippen LogP contribution >= 0.6 is 24.8 Å². The van der Waals surface area contributed by atoms with E-state index in [0.717, 1.165) is 0 Å². The van der Waals surface area contributed by atoms with Gasteiger partial charge in [0.15, 0.2) is 0 Å². The largest absolute Gasteiger partial charge is 0.147 e. The van der Waals surface area contributed by atoms with E-state index in [1.54, 1.807) is 22.3 Å². The third-order valence-electron chi connectivity index (χ3n) is 7.03. The van der Waals surface area contributed by atoms with Crippen molar-refractivity contribution in [2.24, 2.45) is 5.92 Å². The van der Waals surface area contributed by atoms with Gasteiger partial charge in [-0.3, -0.25) is 0 Å². The van der Waals surface area contributed by atoms with Gasteiger partial charge >= 0.3 is 185 Å². The fraction of sp³-hybridized carbons (Fsp3) is 0.333. The Balaban J connectivity index is 0.00000171. The van der Waals surface area contributed by atoms with Crippen LogP contribution in [-0.4, -0.2) is 5.43 Å². The van der Waals surface area contributed by atoms with E-state index >= 15 is 0 Å². The molecule has 2 unspecified atom stereocenters. The quantitative estimate of drug-likeness (QED) is 0.338. The maximum atomic E-state index is 2.68. The second-order valence-corrected chi connectivity index (χ2v) is 26.4. The van der Waals surface area contributed by atoms with E-state index in [2.05, 4.69) is 102 Å². The fourth-order valence-corrected chi connectivity index (χ4v) is 24.9. The first-order chi connectivity index (χ1) is 13.8. The maximum absolute atomic E-state index is 2.68. The van der Waals surface area contributed by atoms with Crippen molar-refractivity contribution in [2.45, 2.75) is 51.3 Å². The van der Waals surface area contributed by atoms with E-state index in [1.807, 2.05) is 3.28 Å². The van der Waals surface area contributed by atoms with Crippen molar-refractivity contribution in [3.05, 3.63) is 96.9 Å². The van der Waals surface area contributed by atoms with Crippen molar-refractivity contribution in [3.63, 3.8) is 0 Å². The summed E-state index contributed by atoms with van der Waals surface area (Å²) in [5.41, 5.74) is 11.8. The molecule has 0 spiro atoms. The molecule has 4 heteroatoms. The number of aryl methyl sites for hydroxylation is 1. The summed E-state index contributed by atoms with van der Waals surface area (Å²) in [5.74, 6) is 0.660. The molecule has 0 aromatic heterocycles. The van der Waals surface area contributed by atoms with Crippen LogP contribution in [0.3, 0.4) is 0 Å². The summed E-state index contributed by atoms with van der Waals surface area (Å²) in [7, 11) is 0. The number of rotatable bonds is 3. The van der Waals surface area contributed by atoms with Gasteiger partial charge in [0.1, 0.15) is 0 Å². The molecule has 0 radical (unpaired) electrons. The molecule has 0 heterocycles. The Morgan fingerprint density at radius 1 is 0.839 bits per heavy atom. The van der Waals surface area contributed by atoms with Gasteiger partial charge in [-0.05, 0) is 0 Å². The Morgan fingerprint density at radius 2 is 1.52 bits per heavy atom. The molecule has 0 saturated heterocycles. The average molecular weight is 549 g/mol. The molecule has 164 valence electrons. The summed E-state index contributed by atoms with van der Waals surface area (Å²) >= 11 is -1.89. The van der Waals surface area contributed by atoms with E-state index in [9.17, 15) is 0 Å². The molecule has 0 saturated carbocycles. The Kier molecular flexibility index (Phi) is 9.02. The monoisotopic (exact) mass is 546 g/mol. The Bertz CT molecular complexity index is 1130. The summed E-state index contributed by atoms with van der Waals surface area (Å²) in [6.45, 7) is 17.0. The van der Waals surface area contributed by atoms with E-state index in [1.165, 1.54) is 22.3 Å². The van der Waals surface area contributed by atoms with Gasteiger partial charge in [-0.15, -0.1) is 24.8 Å². The molecule has 0 N–H and O–H groups in total. The maximum Gasteiger partial charge on any atom is -0.147 e. The van der Waals surface area contributed by atoms with Crippen molar-refractivity contribution in [2.75, 3.05) is 0 Å². The number of hydrogen-bond donors (Lipinski definition) is 0. The zero-order valence-electron chi connectivity index (χ0n) is 19.7. The predicted molar refractivity (Wildman–Crippen MR) is 140 cm³/mol. The number of halogens is 2. The SMILES string of the molecule is CC1=C(C)C(C)[C]([Zr]([CH]2C=C(c3cccc(C)c3)c3ccccc32)=[Si](C)C)=C1C.Cl.Cl. The molecule has 31 heavy (non-hydrogen) atoms. The molecule has 4 rings (SSSR count). The van der Waals surface area contributed by atoms with Crippen LogP contribution in [0, 0.1) is 12.8 Å². The molecular formula is C27H34Cl2SiZr. The van der Waals surface area contributed by atoms with Gasteiger partial charge in [0, 0.05) is 0 Å². The Labute approximate surface area is 209 Å². The third kappa shape index (κ3) is 4.70. The first-order valence-corrected chi connectivity index (χ1v) is 19.6. The minimum absolute atomic E-state index is 0. The van der Waals surface area contributed by atoms with Gasteiger partial charge in [0.05, 0.1) is 0 Å². The number of allylic oxidation sites excluding steroid dienone is 5. The summed E-state index contributed by atoms with van der Waals surface area (Å²) in [4.78, 5) is 0. The van der Waals surface area contributed by atoms with Crippen LogP contribution in [0.2, 0.25) is 13.1 Å². The first-order valence-electron chi connectivity index (χ1n) is 10.8. The molecule has 0 bridgehead atoms. The molecule has 2 aromatic rings. The molecule has 0 nitrogen and oxygen atoms in total. The topological polar surface area (TPSA) is 0 Å². The number of benzene rings is 2. The molecule has 0 aliphatic heterocycles. The second kappa shape index (κ2) is 10.5. The minimum atomic E-state index is -1.89. The van der Waals surface area contributed by atoms with Gasteiger partial charge in [0.25, 0.3) is 0 Å². The minimum Gasteiger partial charge on any atom is -0.147 e. The van der Waals surface area contributed by atoms with Crippen molar-refractivity contribution in [1.29, 1.82) is 0 Å². The van der Waals surface area contributed by atoms with Gasteiger partial charge in [-0.25, -0.2) is 0 Å². The van der Waals surface area contributed by atoms with Crippen molar-refractivity contribution in [1.82, 2.24) is 0 Å². The van der Waals surface area contributed by atoms with Crippen LogP contribution in [0.25, 0.3) is 5.57 Å². The molecule has 2 aliphatic rings. The number of fused-ring (bicyclic) bond motifs is 1. The van der Waals surface area contributed by atoms with Crippen LogP contribution in [0.15, 0.2) is 74.6 Å². The number of hydrogen-bond acceptors (Lipinski definition) is 0. The predicted octanol–water partition coefficient (Wildman–Crippen LogP) is 8.45. The summed E-state index contributed by atoms with van der Waals surface area (Å²) < 4.78 is 2.59. The van der Waals surface area contributed by atoms with Gasteiger partial charge < -0.3 is 0 Å². The van der Waals surface area contributed by atoms with Gasteiger partial charge in [-0.1, -0.05) is 0 Å². The van der Waals surface area contributed by atoms with Crippen molar-refractivity contribution >= 4 is 35.8 Å². The van der Waals surface area contributed by atoms with Crippen LogP contribution in [0.4, 0.5) is 0 Å². The van der Waals surface area contributed by atoms with E-state index in [4.69, 9.17) is 0 Å².